The maximum Gasteiger partial charge on any atom is 0.293 e. The third-order valence-corrected chi connectivity index (χ3v) is 10.5. The number of carbonyl (C=O) groups excluding carboxylic acids is 2. The van der Waals surface area contributed by atoms with Gasteiger partial charge in [-0.2, -0.15) is 0 Å². The van der Waals surface area contributed by atoms with Gasteiger partial charge in [-0.25, -0.2) is 13.1 Å². The second-order valence-corrected chi connectivity index (χ2v) is 14.6. The highest BCUT2D eigenvalue weighted by atomic mass is 32.2. The van der Waals surface area contributed by atoms with Crippen LogP contribution in [0.5, 0.6) is 5.75 Å². The molecule has 2 aromatic heterocycles. The van der Waals surface area contributed by atoms with Crippen molar-refractivity contribution in [2.75, 3.05) is 48.7 Å². The van der Waals surface area contributed by atoms with Crippen molar-refractivity contribution in [1.29, 1.82) is 0 Å². The van der Waals surface area contributed by atoms with E-state index in [0.29, 0.717) is 61.0 Å². The van der Waals surface area contributed by atoms with Crippen molar-refractivity contribution in [1.82, 2.24) is 24.8 Å². The van der Waals surface area contributed by atoms with Crippen LogP contribution in [0.2, 0.25) is 0 Å². The molecule has 0 unspecified atom stereocenters. The Labute approximate surface area is 314 Å². The molecule has 1 aliphatic heterocycles. The van der Waals surface area contributed by atoms with Gasteiger partial charge in [0.25, 0.3) is 27.5 Å². The molecule has 5 aromatic rings. The number of nitro benzene ring substituents is 1. The molecule has 0 radical (unpaired) electrons. The van der Waals surface area contributed by atoms with Crippen LogP contribution in [-0.2, 0) is 10.0 Å². The van der Waals surface area contributed by atoms with E-state index in [-0.39, 0.29) is 23.0 Å². The number of anilines is 2. The average Bonchev–Trinajstić information content (AvgIpc) is 3.19. The van der Waals surface area contributed by atoms with Crippen molar-refractivity contribution in [2.24, 2.45) is 0 Å². The Morgan fingerprint density at radius 1 is 0.907 bits per heavy atom. The van der Waals surface area contributed by atoms with Crippen LogP contribution in [0.3, 0.4) is 0 Å². The van der Waals surface area contributed by atoms with E-state index < -0.39 is 31.4 Å². The van der Waals surface area contributed by atoms with Gasteiger partial charge in [-0.3, -0.25) is 24.7 Å². The summed E-state index contributed by atoms with van der Waals surface area (Å²) < 4.78 is 28.0. The van der Waals surface area contributed by atoms with Crippen LogP contribution in [0.4, 0.5) is 17.2 Å². The fourth-order valence-corrected chi connectivity index (χ4v) is 7.19. The molecule has 3 N–H and O–H groups in total. The zero-order valence-corrected chi connectivity index (χ0v) is 30.1. The molecule has 2 amide bonds. The van der Waals surface area contributed by atoms with E-state index in [4.69, 9.17) is 0 Å². The van der Waals surface area contributed by atoms with Crippen LogP contribution >= 0.6 is 11.8 Å². The number of carbonyl (C=O) groups is 2. The summed E-state index contributed by atoms with van der Waals surface area (Å²) >= 11 is 1.56. The van der Waals surface area contributed by atoms with E-state index in [9.17, 15) is 33.2 Å². The molecule has 1 fully saturated rings. The number of hydrogen-bond donors (Lipinski definition) is 3. The quantitative estimate of drug-likeness (QED) is 0.0570. The number of sulfonamides is 1. The molecular formula is C37H32N8O7S2. The molecule has 0 saturated carbocycles. The van der Waals surface area contributed by atoms with Gasteiger partial charge in [0.05, 0.1) is 21.6 Å². The highest BCUT2D eigenvalue weighted by Gasteiger charge is 2.27. The summed E-state index contributed by atoms with van der Waals surface area (Å²) in [6.07, 6.45) is 2.82. The predicted molar refractivity (Wildman–Crippen MR) is 202 cm³/mol. The third kappa shape index (κ3) is 9.28. The van der Waals surface area contributed by atoms with Gasteiger partial charge < -0.3 is 20.2 Å². The number of nitrogens with zero attached hydrogens (tertiary/aromatic N) is 6. The fourth-order valence-electron chi connectivity index (χ4n) is 5.42. The number of aromatic hydroxyl groups is 1. The number of pyridine rings is 1. The predicted octanol–water partition coefficient (Wildman–Crippen LogP) is 4.17. The molecule has 3 heterocycles. The normalized spacial score (nSPS) is 12.7. The minimum absolute atomic E-state index is 0.00918. The summed E-state index contributed by atoms with van der Waals surface area (Å²) in [7, 11) is -4.51. The van der Waals surface area contributed by atoms with Crippen LogP contribution < -0.4 is 14.9 Å². The molecule has 0 atom stereocenters. The summed E-state index contributed by atoms with van der Waals surface area (Å²) in [4.78, 5) is 45.5. The summed E-state index contributed by atoms with van der Waals surface area (Å²) in [5.41, 5.74) is 0.885. The maximum atomic E-state index is 13.5. The van der Waals surface area contributed by atoms with E-state index in [2.05, 4.69) is 32.3 Å². The van der Waals surface area contributed by atoms with Gasteiger partial charge in [-0.15, -0.1) is 22.0 Å². The summed E-state index contributed by atoms with van der Waals surface area (Å²) in [5, 5.41) is 32.4. The first-order chi connectivity index (χ1) is 26.1. The summed E-state index contributed by atoms with van der Waals surface area (Å²) in [5.74, 6) is 5.69. The third-order valence-electron chi connectivity index (χ3n) is 8.13. The number of rotatable bonds is 11. The first kappa shape index (κ1) is 37.3. The first-order valence-electron chi connectivity index (χ1n) is 16.5. The Balaban J connectivity index is 1.04. The molecule has 6 rings (SSSR count). The number of thioether (sulfide) groups is 1. The number of piperazine rings is 1. The number of benzene rings is 3. The zero-order valence-electron chi connectivity index (χ0n) is 28.5. The van der Waals surface area contributed by atoms with Gasteiger partial charge in [0.15, 0.2) is 11.5 Å². The van der Waals surface area contributed by atoms with Crippen LogP contribution in [0.25, 0.3) is 0 Å². The van der Waals surface area contributed by atoms with Crippen molar-refractivity contribution in [3.63, 3.8) is 0 Å². The Morgan fingerprint density at radius 3 is 2.39 bits per heavy atom. The maximum absolute atomic E-state index is 13.5. The van der Waals surface area contributed by atoms with Gasteiger partial charge in [0, 0.05) is 66.8 Å². The molecule has 15 nitrogen and oxygen atoms in total. The van der Waals surface area contributed by atoms with Gasteiger partial charge in [-0.05, 0) is 54.6 Å². The largest absolute Gasteiger partial charge is 0.506 e. The van der Waals surface area contributed by atoms with E-state index in [1.54, 1.807) is 40.9 Å². The van der Waals surface area contributed by atoms with Crippen LogP contribution in [-0.4, -0.2) is 88.8 Å². The first-order valence-corrected chi connectivity index (χ1v) is 18.9. The van der Waals surface area contributed by atoms with Crippen molar-refractivity contribution in [3.05, 3.63) is 136 Å². The molecule has 17 heteroatoms. The second kappa shape index (κ2) is 16.9. The lowest BCUT2D eigenvalue weighted by Crippen LogP contribution is -2.49. The number of hydrogen-bond acceptors (Lipinski definition) is 13. The van der Waals surface area contributed by atoms with E-state index in [1.807, 2.05) is 40.0 Å². The lowest BCUT2D eigenvalue weighted by molar-refractivity contribution is -0.384. The standard InChI is InChI=1S/C37H32N8O7S2/c46-28-22-26(24-38-25-28)10-11-27-6-4-5-9-31(27)37(48)44-19-17-43(18-20-44)35-15-14-33(40-41-35)36(47)42-54(51,52)30-12-13-32(34(23-30)45(49)50)39-16-21-53-29-7-2-1-3-8-29/h1-9,12-15,22-25,39,46H,16-21H2,(H,42,47). The van der Waals surface area contributed by atoms with Crippen molar-refractivity contribution in [2.45, 2.75) is 9.79 Å². The Kier molecular flexibility index (Phi) is 11.6. The van der Waals surface area contributed by atoms with E-state index in [0.717, 1.165) is 11.0 Å². The van der Waals surface area contributed by atoms with Crippen molar-refractivity contribution in [3.8, 4) is 17.6 Å². The zero-order chi connectivity index (χ0) is 38.1. The summed E-state index contributed by atoms with van der Waals surface area (Å²) in [6.45, 7) is 1.95. The molecule has 1 aliphatic rings. The molecule has 1 saturated heterocycles. The highest BCUT2D eigenvalue weighted by Crippen LogP contribution is 2.28. The van der Waals surface area contributed by atoms with Crippen LogP contribution in [0.1, 0.15) is 32.0 Å². The molecule has 54 heavy (non-hydrogen) atoms. The Hall–Kier alpha value is -6.51. The number of nitro groups is 1. The molecule has 0 spiro atoms. The lowest BCUT2D eigenvalue weighted by atomic mass is 10.1. The number of amides is 2. The molecular weight excluding hydrogens is 733 g/mol. The minimum atomic E-state index is -4.51. The highest BCUT2D eigenvalue weighted by molar-refractivity contribution is 7.99. The molecule has 0 aliphatic carbocycles. The number of nitrogens with one attached hydrogen (secondary N) is 2. The van der Waals surface area contributed by atoms with Crippen LogP contribution in [0, 0.1) is 22.0 Å². The molecule has 0 bridgehead atoms. The van der Waals surface area contributed by atoms with E-state index in [1.165, 1.54) is 42.7 Å². The minimum Gasteiger partial charge on any atom is -0.506 e. The molecule has 274 valence electrons. The average molecular weight is 765 g/mol. The SMILES string of the molecule is O=C(NS(=O)(=O)c1ccc(NCCSc2ccccc2)c([N+](=O)[O-])c1)c1ccc(N2CCN(C(=O)c3ccccc3C#Cc3cncc(O)c3)CC2)nn1. The van der Waals surface area contributed by atoms with Crippen LogP contribution in [0.15, 0.2) is 113 Å². The van der Waals surface area contributed by atoms with Gasteiger partial charge >= 0.3 is 0 Å². The van der Waals surface area contributed by atoms with Crippen molar-refractivity contribution >= 4 is 50.8 Å². The fraction of sp³-hybridized carbons (Fsp3) is 0.162. The van der Waals surface area contributed by atoms with E-state index >= 15 is 0 Å². The number of aromatic nitrogens is 3. The Morgan fingerprint density at radius 2 is 1.67 bits per heavy atom. The van der Waals surface area contributed by atoms with Crippen molar-refractivity contribution < 1.29 is 28.0 Å². The topological polar surface area (TPSA) is 201 Å². The second-order valence-electron chi connectivity index (χ2n) is 11.7. The molecule has 3 aromatic carbocycles. The smallest absolute Gasteiger partial charge is 0.293 e. The van der Waals surface area contributed by atoms with Gasteiger partial charge in [-0.1, -0.05) is 42.2 Å². The monoisotopic (exact) mass is 764 g/mol. The van der Waals surface area contributed by atoms with Gasteiger partial charge in [0.1, 0.15) is 11.4 Å². The Bertz CT molecular complexity index is 2340. The summed E-state index contributed by atoms with van der Waals surface area (Å²) in [6, 6.07) is 24.3. The lowest BCUT2D eigenvalue weighted by Gasteiger charge is -2.35. The van der Waals surface area contributed by atoms with Gasteiger partial charge in [0.2, 0.25) is 0 Å².